The van der Waals surface area contributed by atoms with Gasteiger partial charge < -0.3 is 14.2 Å². The van der Waals surface area contributed by atoms with Gasteiger partial charge in [0.05, 0.1) is 30.8 Å². The number of hydrogen-bond acceptors (Lipinski definition) is 5. The third-order valence-electron chi connectivity index (χ3n) is 3.97. The van der Waals surface area contributed by atoms with Crippen LogP contribution in [0.25, 0.3) is 0 Å². The van der Waals surface area contributed by atoms with Crippen molar-refractivity contribution < 1.29 is 23.8 Å². The van der Waals surface area contributed by atoms with Crippen molar-refractivity contribution in [2.75, 3.05) is 19.8 Å². The van der Waals surface area contributed by atoms with Gasteiger partial charge in [-0.3, -0.25) is 9.59 Å². The number of carbonyl (C=O) groups is 2. The number of ether oxygens (including phenoxy) is 3. The molecule has 5 nitrogen and oxygen atoms in total. The molecule has 0 aromatic heterocycles. The average Bonchev–Trinajstić information content (AvgIpc) is 2.53. The lowest BCUT2D eigenvalue weighted by Crippen LogP contribution is -2.38. The van der Waals surface area contributed by atoms with Gasteiger partial charge in [0.25, 0.3) is 0 Å². The number of unbranched alkanes of at least 4 members (excludes halogenated alkanes) is 1. The first-order chi connectivity index (χ1) is 11.6. The van der Waals surface area contributed by atoms with Crippen molar-refractivity contribution in [3.8, 4) is 5.75 Å². The van der Waals surface area contributed by atoms with E-state index >= 15 is 0 Å². The molecule has 0 spiro atoms. The fourth-order valence-electron chi connectivity index (χ4n) is 2.43. The standard InChI is InChI=1S/C18H23BrO5/c1-2-3-6-24-18(21)14-9-16(10-14)22-7-8-23-17-11-15(19)5-4-13(17)12-20/h4-5,11-12,14,16H,2-3,6-10H2,1H3. The van der Waals surface area contributed by atoms with Crippen LogP contribution in [0.4, 0.5) is 0 Å². The Morgan fingerprint density at radius 1 is 1.29 bits per heavy atom. The predicted molar refractivity (Wildman–Crippen MR) is 93.4 cm³/mol. The molecular weight excluding hydrogens is 376 g/mol. The summed E-state index contributed by atoms with van der Waals surface area (Å²) in [7, 11) is 0. The summed E-state index contributed by atoms with van der Waals surface area (Å²) in [4.78, 5) is 22.7. The minimum absolute atomic E-state index is 0.0282. The molecule has 0 atom stereocenters. The molecular formula is C18H23BrO5. The highest BCUT2D eigenvalue weighted by Gasteiger charge is 2.36. The zero-order chi connectivity index (χ0) is 17.4. The van der Waals surface area contributed by atoms with Crippen molar-refractivity contribution in [3.63, 3.8) is 0 Å². The smallest absolute Gasteiger partial charge is 0.309 e. The normalized spacial score (nSPS) is 19.4. The molecule has 1 aromatic rings. The van der Waals surface area contributed by atoms with Crippen molar-refractivity contribution in [3.05, 3.63) is 28.2 Å². The van der Waals surface area contributed by atoms with Gasteiger partial charge in [-0.1, -0.05) is 29.3 Å². The van der Waals surface area contributed by atoms with Crippen LogP contribution in [0.1, 0.15) is 43.0 Å². The van der Waals surface area contributed by atoms with Gasteiger partial charge in [0.15, 0.2) is 6.29 Å². The van der Waals surface area contributed by atoms with Crippen molar-refractivity contribution in [1.29, 1.82) is 0 Å². The molecule has 0 saturated heterocycles. The largest absolute Gasteiger partial charge is 0.490 e. The van der Waals surface area contributed by atoms with Crippen molar-refractivity contribution >= 4 is 28.2 Å². The van der Waals surface area contributed by atoms with E-state index in [0.717, 1.165) is 23.6 Å². The average molecular weight is 399 g/mol. The Hall–Kier alpha value is -1.40. The number of hydrogen-bond donors (Lipinski definition) is 0. The lowest BCUT2D eigenvalue weighted by molar-refractivity contribution is -0.158. The van der Waals surface area contributed by atoms with Crippen molar-refractivity contribution in [1.82, 2.24) is 0 Å². The van der Waals surface area contributed by atoms with E-state index in [2.05, 4.69) is 22.9 Å². The van der Waals surface area contributed by atoms with Crippen molar-refractivity contribution in [2.45, 2.75) is 38.7 Å². The SMILES string of the molecule is CCCCOC(=O)C1CC(OCCOc2cc(Br)ccc2C=O)C1. The summed E-state index contributed by atoms with van der Waals surface area (Å²) in [5.41, 5.74) is 0.511. The second-order valence-electron chi connectivity index (χ2n) is 5.83. The number of rotatable bonds is 10. The zero-order valence-electron chi connectivity index (χ0n) is 13.8. The fourth-order valence-corrected chi connectivity index (χ4v) is 2.77. The Morgan fingerprint density at radius 3 is 2.79 bits per heavy atom. The first-order valence-electron chi connectivity index (χ1n) is 8.29. The quantitative estimate of drug-likeness (QED) is 0.341. The maximum absolute atomic E-state index is 11.7. The van der Waals surface area contributed by atoms with Crippen LogP contribution in [-0.2, 0) is 14.3 Å². The topological polar surface area (TPSA) is 61.8 Å². The molecule has 0 radical (unpaired) electrons. The highest BCUT2D eigenvalue weighted by Crippen LogP contribution is 2.31. The first kappa shape index (κ1) is 18.9. The number of halogens is 1. The molecule has 1 aromatic carbocycles. The number of carbonyl (C=O) groups excluding carboxylic acids is 2. The molecule has 2 rings (SSSR count). The molecule has 6 heteroatoms. The maximum atomic E-state index is 11.7. The number of aldehydes is 1. The van der Waals surface area contributed by atoms with Crippen LogP contribution in [0.15, 0.2) is 22.7 Å². The number of benzene rings is 1. The van der Waals surface area contributed by atoms with E-state index in [-0.39, 0.29) is 18.0 Å². The van der Waals surface area contributed by atoms with Crippen LogP contribution < -0.4 is 4.74 Å². The Balaban J connectivity index is 1.61. The molecule has 0 heterocycles. The Labute approximate surface area is 150 Å². The van der Waals surface area contributed by atoms with E-state index in [1.165, 1.54) is 0 Å². The molecule has 132 valence electrons. The summed E-state index contributed by atoms with van der Waals surface area (Å²) in [6, 6.07) is 5.25. The Bertz CT molecular complexity index is 554. The van der Waals surface area contributed by atoms with Crippen molar-refractivity contribution in [2.24, 2.45) is 5.92 Å². The monoisotopic (exact) mass is 398 g/mol. The lowest BCUT2D eigenvalue weighted by atomic mass is 9.82. The Kier molecular flexibility index (Phi) is 7.72. The maximum Gasteiger partial charge on any atom is 0.309 e. The summed E-state index contributed by atoms with van der Waals surface area (Å²) in [6.45, 7) is 3.36. The van der Waals surface area contributed by atoms with Crippen LogP contribution in [0, 0.1) is 5.92 Å². The van der Waals surface area contributed by atoms with Crippen LogP contribution in [0.3, 0.4) is 0 Å². The third kappa shape index (κ3) is 5.60. The van der Waals surface area contributed by atoms with Crippen LogP contribution in [-0.4, -0.2) is 38.2 Å². The summed E-state index contributed by atoms with van der Waals surface area (Å²) >= 11 is 3.35. The van der Waals surface area contributed by atoms with E-state index in [4.69, 9.17) is 14.2 Å². The van der Waals surface area contributed by atoms with E-state index < -0.39 is 0 Å². The molecule has 0 amide bonds. The molecule has 0 bridgehead atoms. The van der Waals surface area contributed by atoms with E-state index in [1.807, 2.05) is 0 Å². The van der Waals surface area contributed by atoms with E-state index in [0.29, 0.717) is 44.0 Å². The Morgan fingerprint density at radius 2 is 2.08 bits per heavy atom. The molecule has 0 aliphatic heterocycles. The van der Waals surface area contributed by atoms with Crippen LogP contribution in [0.5, 0.6) is 5.75 Å². The molecule has 1 aliphatic carbocycles. The van der Waals surface area contributed by atoms with Gasteiger partial charge in [-0.05, 0) is 37.5 Å². The third-order valence-corrected chi connectivity index (χ3v) is 4.46. The highest BCUT2D eigenvalue weighted by molar-refractivity contribution is 9.10. The van der Waals surface area contributed by atoms with Crippen LogP contribution >= 0.6 is 15.9 Å². The summed E-state index contributed by atoms with van der Waals surface area (Å²) in [6.07, 6.45) is 4.21. The van der Waals surface area contributed by atoms with E-state index in [1.54, 1.807) is 18.2 Å². The molecule has 1 saturated carbocycles. The minimum atomic E-state index is -0.107. The minimum Gasteiger partial charge on any atom is -0.490 e. The second kappa shape index (κ2) is 9.79. The van der Waals surface area contributed by atoms with Gasteiger partial charge >= 0.3 is 5.97 Å². The highest BCUT2D eigenvalue weighted by atomic mass is 79.9. The molecule has 0 N–H and O–H groups in total. The number of esters is 1. The van der Waals surface area contributed by atoms with Gasteiger partial charge in [0.1, 0.15) is 12.4 Å². The first-order valence-corrected chi connectivity index (χ1v) is 9.09. The second-order valence-corrected chi connectivity index (χ2v) is 6.75. The van der Waals surface area contributed by atoms with Gasteiger partial charge in [0.2, 0.25) is 0 Å². The molecule has 0 unspecified atom stereocenters. The summed E-state index contributed by atoms with van der Waals surface area (Å²) < 4.78 is 17.3. The van der Waals surface area contributed by atoms with Gasteiger partial charge in [-0.25, -0.2) is 0 Å². The summed E-state index contributed by atoms with van der Waals surface area (Å²) in [5, 5.41) is 0. The van der Waals surface area contributed by atoms with E-state index in [9.17, 15) is 9.59 Å². The zero-order valence-corrected chi connectivity index (χ0v) is 15.4. The molecule has 1 fully saturated rings. The van der Waals surface area contributed by atoms with Gasteiger partial charge in [-0.15, -0.1) is 0 Å². The predicted octanol–water partition coefficient (Wildman–Crippen LogP) is 3.78. The van der Waals surface area contributed by atoms with Gasteiger partial charge in [-0.2, -0.15) is 0 Å². The summed E-state index contributed by atoms with van der Waals surface area (Å²) in [5.74, 6) is 0.401. The lowest BCUT2D eigenvalue weighted by Gasteiger charge is -2.33. The molecule has 1 aliphatic rings. The van der Waals surface area contributed by atoms with Crippen LogP contribution in [0.2, 0.25) is 0 Å². The van der Waals surface area contributed by atoms with Gasteiger partial charge in [0, 0.05) is 4.47 Å². The fraction of sp³-hybridized carbons (Fsp3) is 0.556. The molecule has 24 heavy (non-hydrogen) atoms.